The molecule has 116 valence electrons. The van der Waals surface area contributed by atoms with Gasteiger partial charge in [0.25, 0.3) is 0 Å². The first kappa shape index (κ1) is 16.0. The van der Waals surface area contributed by atoms with Crippen molar-refractivity contribution in [2.45, 2.75) is 45.1 Å². The summed E-state index contributed by atoms with van der Waals surface area (Å²) >= 11 is 0. The zero-order valence-corrected chi connectivity index (χ0v) is 12.7. The molecule has 1 atom stereocenters. The second-order valence-electron chi connectivity index (χ2n) is 5.48. The van der Waals surface area contributed by atoms with Crippen LogP contribution in [0.1, 0.15) is 49.4 Å². The molecule has 1 aromatic carbocycles. The van der Waals surface area contributed by atoms with Crippen LogP contribution in [-0.2, 0) is 4.74 Å². The van der Waals surface area contributed by atoms with Gasteiger partial charge in [0, 0.05) is 6.61 Å². The Bertz CT molecular complexity index is 481. The molecule has 0 heterocycles. The molecule has 0 saturated heterocycles. The minimum Gasteiger partial charge on any atom is -0.496 e. The van der Waals surface area contributed by atoms with E-state index in [0.717, 1.165) is 25.7 Å². The number of carbonyl (C=O) groups is 1. The molecule has 1 aromatic rings. The molecule has 0 bridgehead atoms. The van der Waals surface area contributed by atoms with Gasteiger partial charge in [0.05, 0.1) is 12.7 Å². The first-order valence-corrected chi connectivity index (χ1v) is 7.66. The molecule has 3 nitrogen and oxygen atoms in total. The zero-order chi connectivity index (χ0) is 15.2. The Balaban J connectivity index is 2.27. The minimum absolute atomic E-state index is 0.167. The Morgan fingerprint density at radius 1 is 1.33 bits per heavy atom. The van der Waals surface area contributed by atoms with Crippen LogP contribution in [0, 0.1) is 11.7 Å². The molecule has 0 aliphatic heterocycles. The van der Waals surface area contributed by atoms with E-state index < -0.39 is 11.9 Å². The number of methoxy groups -OCH3 is 1. The van der Waals surface area contributed by atoms with Gasteiger partial charge in [-0.2, -0.15) is 0 Å². The van der Waals surface area contributed by atoms with Gasteiger partial charge in [-0.15, -0.1) is 0 Å². The van der Waals surface area contributed by atoms with Crippen LogP contribution in [0.3, 0.4) is 0 Å². The summed E-state index contributed by atoms with van der Waals surface area (Å²) in [6, 6.07) is 4.04. The summed E-state index contributed by atoms with van der Waals surface area (Å²) in [5, 5.41) is 0. The largest absolute Gasteiger partial charge is 0.496 e. The highest BCUT2D eigenvalue weighted by molar-refractivity contribution is 6.02. The van der Waals surface area contributed by atoms with Crippen LogP contribution in [0.25, 0.3) is 0 Å². The second-order valence-corrected chi connectivity index (χ2v) is 5.48. The monoisotopic (exact) mass is 294 g/mol. The Hall–Kier alpha value is -1.42. The maximum Gasteiger partial charge on any atom is 0.195 e. The lowest BCUT2D eigenvalue weighted by atomic mass is 9.82. The molecule has 0 radical (unpaired) electrons. The van der Waals surface area contributed by atoms with Crippen LogP contribution >= 0.6 is 0 Å². The first-order valence-electron chi connectivity index (χ1n) is 7.66. The van der Waals surface area contributed by atoms with Crippen LogP contribution in [0.15, 0.2) is 18.2 Å². The Kier molecular flexibility index (Phi) is 5.74. The molecule has 1 saturated carbocycles. The van der Waals surface area contributed by atoms with Crippen molar-refractivity contribution in [3.05, 3.63) is 29.6 Å². The van der Waals surface area contributed by atoms with Crippen molar-refractivity contribution in [1.82, 2.24) is 0 Å². The van der Waals surface area contributed by atoms with Crippen LogP contribution < -0.4 is 4.74 Å². The average Bonchev–Trinajstić information content (AvgIpc) is 2.52. The zero-order valence-electron chi connectivity index (χ0n) is 12.7. The SMILES string of the molecule is CCOC(C(=O)c1cc(F)ccc1OC)C1CCCCC1. The fourth-order valence-electron chi connectivity index (χ4n) is 3.07. The summed E-state index contributed by atoms with van der Waals surface area (Å²) in [6.45, 7) is 2.36. The second kappa shape index (κ2) is 7.55. The van der Waals surface area contributed by atoms with Gasteiger partial charge in [0.15, 0.2) is 5.78 Å². The number of rotatable bonds is 6. The van der Waals surface area contributed by atoms with Crippen molar-refractivity contribution in [2.75, 3.05) is 13.7 Å². The summed E-state index contributed by atoms with van der Waals surface area (Å²) in [5.74, 6) is 0.0271. The maximum atomic E-state index is 13.5. The third-order valence-corrected chi connectivity index (χ3v) is 4.11. The van der Waals surface area contributed by atoms with Crippen molar-refractivity contribution in [2.24, 2.45) is 5.92 Å². The van der Waals surface area contributed by atoms with E-state index in [2.05, 4.69) is 0 Å². The standard InChI is InChI=1S/C17H23FO3/c1-3-21-17(12-7-5-4-6-8-12)16(19)14-11-13(18)9-10-15(14)20-2/h9-12,17H,3-8H2,1-2H3. The predicted octanol–water partition coefficient (Wildman–Crippen LogP) is 4.00. The van der Waals surface area contributed by atoms with Gasteiger partial charge in [0.1, 0.15) is 17.7 Å². The number of benzene rings is 1. The smallest absolute Gasteiger partial charge is 0.195 e. The van der Waals surface area contributed by atoms with E-state index >= 15 is 0 Å². The quantitative estimate of drug-likeness (QED) is 0.744. The normalized spacial score (nSPS) is 17.5. The van der Waals surface area contributed by atoms with Gasteiger partial charge in [0.2, 0.25) is 0 Å². The molecular weight excluding hydrogens is 271 g/mol. The van der Waals surface area contributed by atoms with E-state index in [9.17, 15) is 9.18 Å². The number of carbonyl (C=O) groups excluding carboxylic acids is 1. The van der Waals surface area contributed by atoms with Gasteiger partial charge in [-0.3, -0.25) is 4.79 Å². The fraction of sp³-hybridized carbons (Fsp3) is 0.588. The van der Waals surface area contributed by atoms with Gasteiger partial charge < -0.3 is 9.47 Å². The van der Waals surface area contributed by atoms with Gasteiger partial charge >= 0.3 is 0 Å². The number of hydrogen-bond donors (Lipinski definition) is 0. The Labute approximate surface area is 125 Å². The van der Waals surface area contributed by atoms with Gasteiger partial charge in [-0.05, 0) is 43.9 Å². The fourth-order valence-corrected chi connectivity index (χ4v) is 3.07. The number of ether oxygens (including phenoxy) is 2. The molecule has 0 amide bonds. The number of ketones is 1. The molecule has 0 N–H and O–H groups in total. The lowest BCUT2D eigenvalue weighted by Gasteiger charge is -2.29. The van der Waals surface area contributed by atoms with E-state index in [-0.39, 0.29) is 17.3 Å². The maximum absolute atomic E-state index is 13.5. The summed E-state index contributed by atoms with van der Waals surface area (Å²) in [5.41, 5.74) is 0.279. The topological polar surface area (TPSA) is 35.5 Å². The molecule has 0 aromatic heterocycles. The molecule has 4 heteroatoms. The number of hydrogen-bond acceptors (Lipinski definition) is 3. The summed E-state index contributed by atoms with van der Waals surface area (Å²) in [4.78, 5) is 12.8. The Morgan fingerprint density at radius 2 is 2.05 bits per heavy atom. The van der Waals surface area contributed by atoms with Crippen LogP contribution in [0.2, 0.25) is 0 Å². The minimum atomic E-state index is -0.494. The summed E-state index contributed by atoms with van der Waals surface area (Å²) in [7, 11) is 1.49. The molecule has 1 fully saturated rings. The summed E-state index contributed by atoms with van der Waals surface area (Å²) in [6.07, 6.45) is 4.96. The predicted molar refractivity (Wildman–Crippen MR) is 79.3 cm³/mol. The highest BCUT2D eigenvalue weighted by Crippen LogP contribution is 2.31. The van der Waals surface area contributed by atoms with Crippen molar-refractivity contribution in [1.29, 1.82) is 0 Å². The first-order chi connectivity index (χ1) is 10.2. The van der Waals surface area contributed by atoms with E-state index in [4.69, 9.17) is 9.47 Å². The van der Waals surface area contributed by atoms with Gasteiger partial charge in [-0.25, -0.2) is 4.39 Å². The number of halogens is 1. The molecule has 21 heavy (non-hydrogen) atoms. The van der Waals surface area contributed by atoms with E-state index in [1.54, 1.807) is 0 Å². The molecule has 1 aliphatic carbocycles. The third kappa shape index (κ3) is 3.82. The Morgan fingerprint density at radius 3 is 2.67 bits per heavy atom. The highest BCUT2D eigenvalue weighted by atomic mass is 19.1. The lowest BCUT2D eigenvalue weighted by Crippen LogP contribution is -2.34. The van der Waals surface area contributed by atoms with E-state index in [1.165, 1.54) is 31.7 Å². The van der Waals surface area contributed by atoms with Crippen LogP contribution in [-0.4, -0.2) is 25.6 Å². The molecule has 2 rings (SSSR count). The van der Waals surface area contributed by atoms with Crippen molar-refractivity contribution < 1.29 is 18.7 Å². The van der Waals surface area contributed by atoms with E-state index in [0.29, 0.717) is 12.4 Å². The van der Waals surface area contributed by atoms with E-state index in [1.807, 2.05) is 6.92 Å². The van der Waals surface area contributed by atoms with Crippen molar-refractivity contribution in [3.63, 3.8) is 0 Å². The average molecular weight is 294 g/mol. The molecular formula is C17H23FO3. The molecule has 0 spiro atoms. The number of Topliss-reactive ketones (excluding diaryl/α,β-unsaturated/α-hetero) is 1. The van der Waals surface area contributed by atoms with Crippen molar-refractivity contribution >= 4 is 5.78 Å². The lowest BCUT2D eigenvalue weighted by molar-refractivity contribution is 0.0125. The molecule has 1 unspecified atom stereocenters. The van der Waals surface area contributed by atoms with Crippen LogP contribution in [0.5, 0.6) is 5.75 Å². The highest BCUT2D eigenvalue weighted by Gasteiger charge is 2.32. The summed E-state index contributed by atoms with van der Waals surface area (Å²) < 4.78 is 24.4. The van der Waals surface area contributed by atoms with Crippen molar-refractivity contribution in [3.8, 4) is 5.75 Å². The molecule has 1 aliphatic rings. The third-order valence-electron chi connectivity index (χ3n) is 4.11. The van der Waals surface area contributed by atoms with Crippen LogP contribution in [0.4, 0.5) is 4.39 Å². The van der Waals surface area contributed by atoms with Gasteiger partial charge in [-0.1, -0.05) is 19.3 Å².